The van der Waals surface area contributed by atoms with Crippen LogP contribution in [0.1, 0.15) is 49.2 Å². The fourth-order valence-electron chi connectivity index (χ4n) is 5.75. The highest BCUT2D eigenvalue weighted by Crippen LogP contribution is 2.50. The van der Waals surface area contributed by atoms with Crippen LogP contribution in [0, 0.1) is 11.8 Å². The van der Waals surface area contributed by atoms with Crippen molar-refractivity contribution in [1.82, 2.24) is 15.2 Å². The van der Waals surface area contributed by atoms with E-state index in [1.54, 1.807) is 11.6 Å². The normalized spacial score (nSPS) is 25.4. The number of nitrogens with zero attached hydrogens (tertiary/aromatic N) is 2. The van der Waals surface area contributed by atoms with Gasteiger partial charge in [-0.2, -0.15) is 0 Å². The molecule has 3 aromatic rings. The summed E-state index contributed by atoms with van der Waals surface area (Å²) in [6, 6.07) is 13.1. The van der Waals surface area contributed by atoms with E-state index in [1.165, 1.54) is 16.2 Å². The number of carbonyl (C=O) groups excluding carboxylic acids is 2. The molecule has 2 N–H and O–H groups in total. The number of allylic oxidation sites excluding steroid dienone is 1. The second-order valence-electron chi connectivity index (χ2n) is 9.86. The first-order valence-corrected chi connectivity index (χ1v) is 13.7. The molecule has 8 heteroatoms. The van der Waals surface area contributed by atoms with Gasteiger partial charge in [-0.05, 0) is 29.2 Å². The van der Waals surface area contributed by atoms with Gasteiger partial charge in [-0.15, -0.1) is 11.3 Å². The molecule has 2 aromatic carbocycles. The number of carboxylic acids is 1. The van der Waals surface area contributed by atoms with Gasteiger partial charge in [0.25, 0.3) is 0 Å². The van der Waals surface area contributed by atoms with Crippen molar-refractivity contribution in [1.29, 1.82) is 0 Å². The SMILES string of the molecule is CCCC/C=C/CCN1C(=O)C2C(c3nccs3)NC(Cc3ccc4ccccc4c3)(C(=O)O)C2C1=O. The summed E-state index contributed by atoms with van der Waals surface area (Å²) >= 11 is 1.36. The summed E-state index contributed by atoms with van der Waals surface area (Å²) in [4.78, 5) is 46.1. The number of carbonyl (C=O) groups is 3. The van der Waals surface area contributed by atoms with Crippen molar-refractivity contribution in [2.75, 3.05) is 6.54 Å². The Morgan fingerprint density at radius 3 is 2.65 bits per heavy atom. The minimum absolute atomic E-state index is 0.0833. The number of aliphatic carboxylic acids is 1. The number of amides is 2. The number of likely N-dealkylation sites (tertiary alicyclic amines) is 1. The number of fused-ring (bicyclic) bond motifs is 2. The Morgan fingerprint density at radius 1 is 1.14 bits per heavy atom. The summed E-state index contributed by atoms with van der Waals surface area (Å²) in [5, 5.41) is 18.3. The number of carboxylic acid groups (broad SMARTS) is 1. The number of aromatic nitrogens is 1. The van der Waals surface area contributed by atoms with E-state index in [1.807, 2.05) is 48.5 Å². The predicted octanol–water partition coefficient (Wildman–Crippen LogP) is 4.74. The van der Waals surface area contributed by atoms with E-state index in [-0.39, 0.29) is 18.9 Å². The van der Waals surface area contributed by atoms with E-state index in [4.69, 9.17) is 0 Å². The molecular weight excluding hydrogens is 486 g/mol. The summed E-state index contributed by atoms with van der Waals surface area (Å²) in [6.07, 6.45) is 9.53. The van der Waals surface area contributed by atoms with Crippen molar-refractivity contribution >= 4 is 39.9 Å². The van der Waals surface area contributed by atoms with Crippen LogP contribution in [0.2, 0.25) is 0 Å². The number of hydrogen-bond donors (Lipinski definition) is 2. The largest absolute Gasteiger partial charge is 0.480 e. The van der Waals surface area contributed by atoms with Gasteiger partial charge in [-0.1, -0.05) is 74.4 Å². The molecule has 1 aromatic heterocycles. The highest BCUT2D eigenvalue weighted by molar-refractivity contribution is 7.09. The number of thiazole rings is 1. The zero-order chi connectivity index (χ0) is 26.0. The van der Waals surface area contributed by atoms with Gasteiger partial charge in [0, 0.05) is 24.5 Å². The molecule has 3 heterocycles. The molecule has 0 bridgehead atoms. The lowest BCUT2D eigenvalue weighted by Crippen LogP contribution is -2.57. The zero-order valence-electron chi connectivity index (χ0n) is 20.8. The molecule has 2 aliphatic rings. The first kappa shape index (κ1) is 25.3. The third kappa shape index (κ3) is 4.60. The van der Waals surface area contributed by atoms with E-state index < -0.39 is 35.3 Å². The second-order valence-corrected chi connectivity index (χ2v) is 10.8. The molecule has 7 nitrogen and oxygen atoms in total. The van der Waals surface area contributed by atoms with Gasteiger partial charge >= 0.3 is 5.97 Å². The van der Waals surface area contributed by atoms with Crippen LogP contribution >= 0.6 is 11.3 Å². The fraction of sp³-hybridized carbons (Fsp3) is 0.379. The average Bonchev–Trinajstić information content (AvgIpc) is 3.60. The molecule has 4 unspecified atom stereocenters. The summed E-state index contributed by atoms with van der Waals surface area (Å²) < 4.78 is 0. The molecule has 0 aliphatic carbocycles. The van der Waals surface area contributed by atoms with Crippen molar-refractivity contribution in [3.8, 4) is 0 Å². The number of hydrogen-bond acceptors (Lipinski definition) is 6. The Morgan fingerprint density at radius 2 is 1.92 bits per heavy atom. The van der Waals surface area contributed by atoms with Gasteiger partial charge < -0.3 is 5.11 Å². The van der Waals surface area contributed by atoms with Crippen LogP contribution in [-0.4, -0.2) is 44.9 Å². The second kappa shape index (κ2) is 10.6. The third-order valence-corrected chi connectivity index (χ3v) is 8.41. The lowest BCUT2D eigenvalue weighted by Gasteiger charge is -2.31. The third-order valence-electron chi connectivity index (χ3n) is 7.55. The maximum absolute atomic E-state index is 13.8. The molecule has 2 amide bonds. The number of benzene rings is 2. The van der Waals surface area contributed by atoms with Gasteiger partial charge in [0.05, 0.1) is 17.9 Å². The van der Waals surface area contributed by atoms with Crippen molar-refractivity contribution in [3.05, 3.63) is 76.8 Å². The lowest BCUT2D eigenvalue weighted by atomic mass is 9.76. The minimum atomic E-state index is -1.62. The molecule has 192 valence electrons. The summed E-state index contributed by atoms with van der Waals surface area (Å²) in [5.74, 6) is -3.67. The maximum Gasteiger partial charge on any atom is 0.325 e. The van der Waals surface area contributed by atoms with Crippen LogP contribution in [0.3, 0.4) is 0 Å². The van der Waals surface area contributed by atoms with Crippen LogP contribution in [0.5, 0.6) is 0 Å². The van der Waals surface area contributed by atoms with Crippen molar-refractivity contribution in [2.24, 2.45) is 11.8 Å². The molecule has 37 heavy (non-hydrogen) atoms. The Bertz CT molecular complexity index is 1340. The van der Waals surface area contributed by atoms with Crippen LogP contribution in [-0.2, 0) is 20.8 Å². The van der Waals surface area contributed by atoms with Crippen molar-refractivity contribution in [2.45, 2.75) is 50.6 Å². The molecular formula is C29H31N3O4S. The first-order valence-electron chi connectivity index (χ1n) is 12.8. The monoisotopic (exact) mass is 517 g/mol. The standard InChI is InChI=1S/C29H31N3O4S/c1-2-3-4-5-6-9-15-32-26(33)22-23(27(32)34)29(28(35)36,31-24(22)25-30-14-16-37-25)18-19-12-13-20-10-7-8-11-21(20)17-19/h5-8,10-14,16-17,22-24,31H,2-4,9,15,18H2,1H3,(H,35,36)/b6-5+. The van der Waals surface area contributed by atoms with Crippen molar-refractivity contribution < 1.29 is 19.5 Å². The van der Waals surface area contributed by atoms with Crippen LogP contribution in [0.25, 0.3) is 10.8 Å². The Kier molecular flexibility index (Phi) is 7.22. The lowest BCUT2D eigenvalue weighted by molar-refractivity contribution is -0.151. The summed E-state index contributed by atoms with van der Waals surface area (Å²) in [7, 11) is 0. The van der Waals surface area contributed by atoms with Crippen LogP contribution in [0.15, 0.2) is 66.2 Å². The average molecular weight is 518 g/mol. The van der Waals surface area contributed by atoms with Crippen LogP contribution < -0.4 is 5.32 Å². The molecule has 2 aliphatic heterocycles. The highest BCUT2D eigenvalue weighted by Gasteiger charge is 2.68. The van der Waals surface area contributed by atoms with E-state index >= 15 is 0 Å². The molecule has 4 atom stereocenters. The molecule has 5 rings (SSSR count). The first-order chi connectivity index (χ1) is 18.0. The predicted molar refractivity (Wildman–Crippen MR) is 143 cm³/mol. The van der Waals surface area contributed by atoms with E-state index in [2.05, 4.69) is 23.3 Å². The fourth-order valence-corrected chi connectivity index (χ4v) is 6.48. The van der Waals surface area contributed by atoms with Gasteiger partial charge in [-0.25, -0.2) is 4.98 Å². The zero-order valence-corrected chi connectivity index (χ0v) is 21.6. The smallest absolute Gasteiger partial charge is 0.325 e. The van der Waals surface area contributed by atoms with Gasteiger partial charge in [0.2, 0.25) is 11.8 Å². The number of nitrogens with one attached hydrogen (secondary N) is 1. The number of unbranched alkanes of at least 4 members (excludes halogenated alkanes) is 2. The number of rotatable bonds is 10. The Balaban J connectivity index is 1.49. The molecule has 2 saturated heterocycles. The number of imide groups is 1. The molecule has 0 radical (unpaired) electrons. The topological polar surface area (TPSA) is 99.6 Å². The molecule has 0 spiro atoms. The van der Waals surface area contributed by atoms with Crippen LogP contribution in [0.4, 0.5) is 0 Å². The quantitative estimate of drug-likeness (QED) is 0.229. The van der Waals surface area contributed by atoms with Gasteiger partial charge in [-0.3, -0.25) is 24.6 Å². The minimum Gasteiger partial charge on any atom is -0.480 e. The van der Waals surface area contributed by atoms with Gasteiger partial charge in [0.15, 0.2) is 0 Å². The Labute approximate surface area is 220 Å². The summed E-state index contributed by atoms with van der Waals surface area (Å²) in [5.41, 5.74) is -0.827. The molecule has 2 fully saturated rings. The Hall–Kier alpha value is -3.36. The molecule has 0 saturated carbocycles. The van der Waals surface area contributed by atoms with Crippen molar-refractivity contribution in [3.63, 3.8) is 0 Å². The summed E-state index contributed by atoms with van der Waals surface area (Å²) in [6.45, 7) is 2.39. The highest BCUT2D eigenvalue weighted by atomic mass is 32.1. The van der Waals surface area contributed by atoms with E-state index in [0.29, 0.717) is 11.4 Å². The van der Waals surface area contributed by atoms with Gasteiger partial charge in [0.1, 0.15) is 10.5 Å². The van der Waals surface area contributed by atoms with E-state index in [9.17, 15) is 19.5 Å². The van der Waals surface area contributed by atoms with E-state index in [0.717, 1.165) is 35.6 Å². The maximum atomic E-state index is 13.8.